The van der Waals surface area contributed by atoms with Crippen LogP contribution in [0.5, 0.6) is 0 Å². The van der Waals surface area contributed by atoms with E-state index >= 15 is 0 Å². The van der Waals surface area contributed by atoms with Crippen molar-refractivity contribution in [3.63, 3.8) is 0 Å². The maximum absolute atomic E-state index is 13.8. The summed E-state index contributed by atoms with van der Waals surface area (Å²) in [5, 5.41) is 14.5. The Hall–Kier alpha value is -4.04. The first-order chi connectivity index (χ1) is 18.6. The number of nitrogens with one attached hydrogen (secondary N) is 3. The molecule has 2 amide bonds. The summed E-state index contributed by atoms with van der Waals surface area (Å²) in [5.74, 6) is -3.77. The average Bonchev–Trinajstić information content (AvgIpc) is 2.84. The molecular weight excluding hydrogens is 543 g/mol. The molecule has 218 valence electrons. The van der Waals surface area contributed by atoms with E-state index in [2.05, 4.69) is 20.3 Å². The summed E-state index contributed by atoms with van der Waals surface area (Å²) in [6.45, 7) is 4.56. The minimum Gasteiger partial charge on any atom is -0.480 e. The number of carbonyl (C=O) groups excluding carboxylic acids is 2. The van der Waals surface area contributed by atoms with Gasteiger partial charge in [-0.1, -0.05) is 29.8 Å². The fourth-order valence-corrected chi connectivity index (χ4v) is 5.02. The third-order valence-corrected chi connectivity index (χ3v) is 7.47. The average molecular weight is 579 g/mol. The van der Waals surface area contributed by atoms with Crippen molar-refractivity contribution in [2.75, 3.05) is 6.54 Å². The first kappa shape index (κ1) is 32.2. The highest BCUT2D eigenvalue weighted by molar-refractivity contribution is 7.89. The third-order valence-electron chi connectivity index (χ3n) is 5.80. The second-order valence-corrected chi connectivity index (χ2v) is 11.4. The van der Waals surface area contributed by atoms with Crippen LogP contribution in [0.3, 0.4) is 0 Å². The highest BCUT2D eigenvalue weighted by Gasteiger charge is 2.36. The van der Waals surface area contributed by atoms with Gasteiger partial charge in [-0.05, 0) is 63.4 Å². The molecule has 2 aromatic rings. The van der Waals surface area contributed by atoms with Gasteiger partial charge in [-0.2, -0.15) is 4.72 Å². The van der Waals surface area contributed by atoms with Gasteiger partial charge in [0.05, 0.1) is 4.90 Å². The summed E-state index contributed by atoms with van der Waals surface area (Å²) < 4.78 is 41.9. The number of hydrogen-bond acceptors (Lipinski definition) is 6. The Kier molecular flexibility index (Phi) is 11.1. The van der Waals surface area contributed by atoms with E-state index in [0.717, 1.165) is 5.56 Å². The van der Waals surface area contributed by atoms with E-state index in [9.17, 15) is 32.3 Å². The van der Waals surface area contributed by atoms with Crippen LogP contribution in [0, 0.1) is 12.7 Å². The van der Waals surface area contributed by atoms with E-state index in [1.165, 1.54) is 50.2 Å². The number of aryl methyl sites for hydroxylation is 1. The second-order valence-electron chi connectivity index (χ2n) is 9.75. The zero-order chi connectivity index (χ0) is 30.1. The highest BCUT2D eigenvalue weighted by Crippen LogP contribution is 2.15. The molecule has 14 heteroatoms. The number of amides is 2. The predicted octanol–water partition coefficient (Wildman–Crippen LogP) is 0.542. The molecule has 0 heterocycles. The van der Waals surface area contributed by atoms with E-state index < -0.39 is 51.2 Å². The lowest BCUT2D eigenvalue weighted by atomic mass is 10.0. The van der Waals surface area contributed by atoms with Gasteiger partial charge in [0, 0.05) is 13.0 Å². The lowest BCUT2D eigenvalue weighted by Crippen LogP contribution is -2.60. The Bertz CT molecular complexity index is 1340. The van der Waals surface area contributed by atoms with Crippen LogP contribution in [0.4, 0.5) is 4.39 Å². The monoisotopic (exact) mass is 578 g/mol. The molecule has 0 bridgehead atoms. The van der Waals surface area contributed by atoms with Gasteiger partial charge in [0.15, 0.2) is 5.96 Å². The Morgan fingerprint density at radius 3 is 2.27 bits per heavy atom. The molecule has 0 radical (unpaired) electrons. The Balaban J connectivity index is 2.25. The summed E-state index contributed by atoms with van der Waals surface area (Å²) in [5.41, 5.74) is 9.99. The van der Waals surface area contributed by atoms with Gasteiger partial charge in [-0.15, -0.1) is 0 Å². The number of carboxylic acids is 1. The third kappa shape index (κ3) is 9.93. The largest absolute Gasteiger partial charge is 0.480 e. The van der Waals surface area contributed by atoms with E-state index in [1.807, 2.05) is 0 Å². The zero-order valence-corrected chi connectivity index (χ0v) is 23.3. The zero-order valence-electron chi connectivity index (χ0n) is 22.5. The molecule has 0 saturated carbocycles. The number of benzene rings is 2. The van der Waals surface area contributed by atoms with Crippen LogP contribution >= 0.6 is 0 Å². The number of carbonyl (C=O) groups is 3. The van der Waals surface area contributed by atoms with Crippen molar-refractivity contribution in [3.8, 4) is 0 Å². The van der Waals surface area contributed by atoms with E-state index in [4.69, 9.17) is 11.5 Å². The predicted molar refractivity (Wildman–Crippen MR) is 147 cm³/mol. The van der Waals surface area contributed by atoms with Crippen molar-refractivity contribution in [1.82, 2.24) is 15.4 Å². The summed E-state index contributed by atoms with van der Waals surface area (Å²) in [6, 6.07) is 8.64. The number of nitrogens with two attached hydrogens (primary N) is 2. The van der Waals surface area contributed by atoms with Crippen molar-refractivity contribution >= 4 is 33.8 Å². The molecule has 0 aliphatic carbocycles. The number of halogens is 1. The number of aliphatic imine (C=N–C) groups is 1. The van der Waals surface area contributed by atoms with Crippen LogP contribution in [0.2, 0.25) is 0 Å². The number of rotatable bonds is 14. The van der Waals surface area contributed by atoms with Crippen molar-refractivity contribution in [3.05, 3.63) is 65.5 Å². The van der Waals surface area contributed by atoms with Crippen LogP contribution in [-0.2, 0) is 30.8 Å². The van der Waals surface area contributed by atoms with Crippen molar-refractivity contribution in [1.29, 1.82) is 0 Å². The van der Waals surface area contributed by atoms with Gasteiger partial charge >= 0.3 is 5.97 Å². The van der Waals surface area contributed by atoms with Crippen LogP contribution in [0.25, 0.3) is 0 Å². The molecule has 40 heavy (non-hydrogen) atoms. The number of aliphatic carboxylic acids is 1. The Morgan fingerprint density at radius 2 is 1.70 bits per heavy atom. The molecule has 0 fully saturated rings. The first-order valence-electron chi connectivity index (χ1n) is 12.4. The fourth-order valence-electron chi connectivity index (χ4n) is 3.64. The number of carboxylic acid groups (broad SMARTS) is 1. The molecule has 2 atom stereocenters. The van der Waals surface area contributed by atoms with Crippen LogP contribution in [0.1, 0.15) is 37.8 Å². The van der Waals surface area contributed by atoms with Gasteiger partial charge < -0.3 is 27.2 Å². The lowest BCUT2D eigenvalue weighted by Gasteiger charge is -2.28. The normalized spacial score (nSPS) is 13.1. The fraction of sp³-hybridized carbons (Fsp3) is 0.385. The standard InChI is InChI=1S/C26H35FN6O6S/c1-16-9-11-19(12-10-16)40(38,39)33-26(2,3)24(37)32-21(15-17-6-4-7-18(27)14-17)22(34)31-20(23(35)36)8-5-13-30-25(28)29/h4,6-7,9-12,14,20-21,33H,5,8,13,15H2,1-3H3,(H,31,34)(H,32,37)(H,35,36)(H4,28,29,30). The molecule has 8 N–H and O–H groups in total. The quantitative estimate of drug-likeness (QED) is 0.106. The van der Waals surface area contributed by atoms with Crippen LogP contribution in [0.15, 0.2) is 58.4 Å². The molecule has 0 aliphatic rings. The molecule has 2 rings (SSSR count). The van der Waals surface area contributed by atoms with Gasteiger partial charge in [0.1, 0.15) is 23.4 Å². The lowest BCUT2D eigenvalue weighted by molar-refractivity contribution is -0.142. The summed E-state index contributed by atoms with van der Waals surface area (Å²) in [6.07, 6.45) is 0.0285. The molecule has 2 aromatic carbocycles. The smallest absolute Gasteiger partial charge is 0.326 e. The molecule has 0 spiro atoms. The highest BCUT2D eigenvalue weighted by atomic mass is 32.2. The maximum Gasteiger partial charge on any atom is 0.326 e. The van der Waals surface area contributed by atoms with Gasteiger partial charge in [-0.25, -0.2) is 17.6 Å². The first-order valence-corrected chi connectivity index (χ1v) is 13.8. The maximum atomic E-state index is 13.8. The number of nitrogens with zero attached hydrogens (tertiary/aromatic N) is 1. The molecular formula is C26H35FN6O6S. The SMILES string of the molecule is Cc1ccc(S(=O)(=O)NC(C)(C)C(=O)NC(Cc2cccc(F)c2)C(=O)NC(CCCN=C(N)N)C(=O)O)cc1. The Labute approximate surface area is 232 Å². The number of hydrogen-bond donors (Lipinski definition) is 6. The van der Waals surface area contributed by atoms with Gasteiger partial charge in [0.2, 0.25) is 21.8 Å². The molecule has 0 aliphatic heterocycles. The van der Waals surface area contributed by atoms with Crippen LogP contribution in [-0.4, -0.2) is 61.4 Å². The second kappa shape index (κ2) is 13.8. The van der Waals surface area contributed by atoms with Crippen molar-refractivity contribution in [2.24, 2.45) is 16.5 Å². The minimum absolute atomic E-state index is 0.0136. The van der Waals surface area contributed by atoms with E-state index in [0.29, 0.717) is 5.56 Å². The Morgan fingerprint density at radius 1 is 1.05 bits per heavy atom. The van der Waals surface area contributed by atoms with Crippen molar-refractivity contribution in [2.45, 2.75) is 62.6 Å². The van der Waals surface area contributed by atoms with Crippen molar-refractivity contribution < 1.29 is 32.3 Å². The van der Waals surface area contributed by atoms with Crippen LogP contribution < -0.4 is 26.8 Å². The molecule has 0 aromatic heterocycles. The van der Waals surface area contributed by atoms with E-state index in [-0.39, 0.29) is 36.7 Å². The number of guanidine groups is 1. The molecule has 2 unspecified atom stereocenters. The molecule has 0 saturated heterocycles. The topological polar surface area (TPSA) is 206 Å². The minimum atomic E-state index is -4.12. The summed E-state index contributed by atoms with van der Waals surface area (Å²) >= 11 is 0. The molecule has 12 nitrogen and oxygen atoms in total. The van der Waals surface area contributed by atoms with Gasteiger partial charge in [0.25, 0.3) is 0 Å². The van der Waals surface area contributed by atoms with Gasteiger partial charge in [-0.3, -0.25) is 14.6 Å². The van der Waals surface area contributed by atoms with E-state index in [1.54, 1.807) is 19.1 Å². The number of sulfonamides is 1. The summed E-state index contributed by atoms with van der Waals surface area (Å²) in [4.78, 5) is 41.9. The summed E-state index contributed by atoms with van der Waals surface area (Å²) in [7, 11) is -4.12.